The quantitative estimate of drug-likeness (QED) is 0.246. The fourth-order valence-corrected chi connectivity index (χ4v) is 15.8. The standard InChI is InChI=1S/C19H13.C17H11.C3H6.2ClH.Zr/c1-2-10-16-14(6-1)8-4-12-18(16)19-13-5-9-15-7-3-11-17(15)19;1-3-8-14-12(6-1)13-7-2-4-9-15(13)17-11-5-10-16(14)17;1-3-2;;;/h1-13H;1-11H;1-2H3;2*1H;/q;;;;;+2/p-2. The van der Waals surface area contributed by atoms with Gasteiger partial charge in [0.1, 0.15) is 0 Å². The molecule has 0 N–H and O–H groups in total. The number of halogens is 2. The maximum atomic E-state index is 2.58. The molecule has 3 heteroatoms. The van der Waals surface area contributed by atoms with E-state index in [0.717, 1.165) is 0 Å². The average molecular weight is 661 g/mol. The van der Waals surface area contributed by atoms with E-state index in [1.807, 2.05) is 0 Å². The molecule has 2 aliphatic rings. The molecule has 0 amide bonds. The van der Waals surface area contributed by atoms with Gasteiger partial charge >= 0.3 is 245 Å². The summed E-state index contributed by atoms with van der Waals surface area (Å²) in [4.78, 5) is 0. The molecule has 0 heterocycles. The Morgan fingerprint density at radius 1 is 0.500 bits per heavy atom. The van der Waals surface area contributed by atoms with Crippen molar-refractivity contribution in [2.45, 2.75) is 21.1 Å². The third kappa shape index (κ3) is 4.41. The van der Waals surface area contributed by atoms with Crippen LogP contribution in [0.4, 0.5) is 0 Å². The molecular weight excluding hydrogens is 631 g/mol. The number of hydrogen-bond donors (Lipinski definition) is 0. The first kappa shape index (κ1) is 29.0. The Kier molecular flexibility index (Phi) is 7.97. The Balaban J connectivity index is 0.00000158. The fourth-order valence-electron chi connectivity index (χ4n) is 7.38. The van der Waals surface area contributed by atoms with Crippen LogP contribution in [0.5, 0.6) is 0 Å². The number of fused-ring (bicyclic) bond motifs is 8. The van der Waals surface area contributed by atoms with Crippen LogP contribution in [0.15, 0.2) is 121 Å². The van der Waals surface area contributed by atoms with Gasteiger partial charge < -0.3 is 24.8 Å². The molecule has 0 aromatic heterocycles. The van der Waals surface area contributed by atoms with Crippen LogP contribution in [-0.4, -0.2) is 3.21 Å². The van der Waals surface area contributed by atoms with Crippen molar-refractivity contribution in [3.05, 3.63) is 144 Å². The van der Waals surface area contributed by atoms with Crippen LogP contribution in [-0.2, 0) is 21.3 Å². The second kappa shape index (κ2) is 11.5. The predicted molar refractivity (Wildman–Crippen MR) is 171 cm³/mol. The largest absolute Gasteiger partial charge is 1.00 e. The second-order valence-electron chi connectivity index (χ2n) is 11.4. The number of benzene rings is 6. The van der Waals surface area contributed by atoms with Crippen molar-refractivity contribution in [1.82, 2.24) is 0 Å². The van der Waals surface area contributed by atoms with E-state index in [9.17, 15) is 0 Å². The first-order chi connectivity index (χ1) is 19.7. The smallest absolute Gasteiger partial charge is 1.00 e. The molecule has 2 unspecified atom stereocenters. The molecule has 0 fully saturated rings. The van der Waals surface area contributed by atoms with E-state index in [4.69, 9.17) is 0 Å². The van der Waals surface area contributed by atoms with E-state index in [2.05, 4.69) is 147 Å². The Morgan fingerprint density at radius 3 is 1.81 bits per heavy atom. The van der Waals surface area contributed by atoms with E-state index < -0.39 is 21.3 Å². The van der Waals surface area contributed by atoms with Gasteiger partial charge in [0, 0.05) is 0 Å². The molecule has 2 atom stereocenters. The zero-order valence-electron chi connectivity index (χ0n) is 23.6. The molecule has 6 aromatic carbocycles. The normalized spacial score (nSPS) is 16.0. The van der Waals surface area contributed by atoms with E-state index in [1.165, 1.54) is 60.1 Å². The van der Waals surface area contributed by atoms with E-state index in [-0.39, 0.29) is 24.8 Å². The van der Waals surface area contributed by atoms with Crippen molar-refractivity contribution in [2.75, 3.05) is 0 Å². The van der Waals surface area contributed by atoms with Gasteiger partial charge in [0.25, 0.3) is 0 Å². The molecule has 8 rings (SSSR count). The van der Waals surface area contributed by atoms with Gasteiger partial charge in [-0.15, -0.1) is 0 Å². The summed E-state index contributed by atoms with van der Waals surface area (Å²) in [6, 6.07) is 40.6. The number of allylic oxidation sites excluding steroid dienone is 2. The summed E-state index contributed by atoms with van der Waals surface area (Å²) >= 11 is -2.27. The van der Waals surface area contributed by atoms with E-state index in [0.29, 0.717) is 7.25 Å². The van der Waals surface area contributed by atoms with Crippen molar-refractivity contribution in [3.8, 4) is 11.1 Å². The van der Waals surface area contributed by atoms with Gasteiger partial charge in [0.2, 0.25) is 0 Å². The molecular formula is C39H30Cl2Zr. The minimum Gasteiger partial charge on any atom is -1.00 e. The molecule has 0 spiro atoms. The summed E-state index contributed by atoms with van der Waals surface area (Å²) in [7, 11) is 0. The van der Waals surface area contributed by atoms with Crippen LogP contribution in [0.1, 0.15) is 43.4 Å². The molecule has 0 bridgehead atoms. The molecule has 0 saturated carbocycles. The minimum atomic E-state index is -2.27. The first-order valence-corrected chi connectivity index (χ1v) is 18.4. The van der Waals surface area contributed by atoms with Crippen LogP contribution in [0.3, 0.4) is 0 Å². The SMILES string of the molecule is C[C](C)=[Zr+2]([CH]1C=Cc2c(-c3cccc4ccccc34)cccc21)[CH]1C=Cc2c1c1ccccc1c1ccccc21.[Cl-].[Cl-]. The van der Waals surface area contributed by atoms with E-state index >= 15 is 0 Å². The Bertz CT molecular complexity index is 2090. The molecule has 2 aliphatic carbocycles. The third-order valence-electron chi connectivity index (χ3n) is 9.04. The molecule has 0 saturated heterocycles. The molecule has 0 nitrogen and oxygen atoms in total. The Hall–Kier alpha value is -3.09. The number of hydrogen-bond acceptors (Lipinski definition) is 0. The monoisotopic (exact) mass is 658 g/mol. The molecule has 204 valence electrons. The maximum absolute atomic E-state index is 2.58. The van der Waals surface area contributed by atoms with Gasteiger partial charge in [-0.25, -0.2) is 0 Å². The Morgan fingerprint density at radius 2 is 1.05 bits per heavy atom. The summed E-state index contributed by atoms with van der Waals surface area (Å²) < 4.78 is 2.74. The summed E-state index contributed by atoms with van der Waals surface area (Å²) in [5.74, 6) is 0. The van der Waals surface area contributed by atoms with Crippen LogP contribution in [0.25, 0.3) is 55.6 Å². The molecule has 0 radical (unpaired) electrons. The summed E-state index contributed by atoms with van der Waals surface area (Å²) in [5.41, 5.74) is 8.69. The fraction of sp³-hybridized carbons (Fsp3) is 0.103. The summed E-state index contributed by atoms with van der Waals surface area (Å²) in [6.45, 7) is 4.84. The third-order valence-corrected chi connectivity index (χ3v) is 17.6. The van der Waals surface area contributed by atoms with Crippen LogP contribution < -0.4 is 24.8 Å². The Labute approximate surface area is 267 Å². The van der Waals surface area contributed by atoms with Gasteiger partial charge in [-0.05, 0) is 0 Å². The van der Waals surface area contributed by atoms with Crippen LogP contribution in [0, 0.1) is 0 Å². The summed E-state index contributed by atoms with van der Waals surface area (Å²) in [6.07, 6.45) is 10.0. The van der Waals surface area contributed by atoms with Gasteiger partial charge in [-0.1, -0.05) is 0 Å². The topological polar surface area (TPSA) is 0 Å². The zero-order valence-corrected chi connectivity index (χ0v) is 27.6. The second-order valence-corrected chi connectivity index (χ2v) is 19.1. The molecule has 0 aliphatic heterocycles. The molecule has 6 aromatic rings. The van der Waals surface area contributed by atoms with Crippen molar-refractivity contribution < 1.29 is 46.1 Å². The van der Waals surface area contributed by atoms with Gasteiger partial charge in [0.15, 0.2) is 0 Å². The summed E-state index contributed by atoms with van der Waals surface area (Å²) in [5, 5.41) is 8.23. The average Bonchev–Trinajstić information content (AvgIpc) is 3.63. The van der Waals surface area contributed by atoms with Crippen molar-refractivity contribution in [3.63, 3.8) is 0 Å². The van der Waals surface area contributed by atoms with E-state index in [1.54, 1.807) is 8.77 Å². The van der Waals surface area contributed by atoms with Crippen molar-refractivity contribution in [2.24, 2.45) is 0 Å². The maximum Gasteiger partial charge on any atom is -1.00 e. The van der Waals surface area contributed by atoms with Crippen LogP contribution in [0.2, 0.25) is 0 Å². The number of rotatable bonds is 3. The minimum absolute atomic E-state index is 0. The van der Waals surface area contributed by atoms with Gasteiger partial charge in [0.05, 0.1) is 0 Å². The van der Waals surface area contributed by atoms with Gasteiger partial charge in [-0.3, -0.25) is 0 Å². The van der Waals surface area contributed by atoms with Crippen molar-refractivity contribution in [1.29, 1.82) is 0 Å². The zero-order chi connectivity index (χ0) is 26.8. The first-order valence-electron chi connectivity index (χ1n) is 14.3. The molecule has 42 heavy (non-hydrogen) atoms. The predicted octanol–water partition coefficient (Wildman–Crippen LogP) is 4.49. The van der Waals surface area contributed by atoms with Crippen LogP contribution >= 0.6 is 0 Å². The van der Waals surface area contributed by atoms with Gasteiger partial charge in [-0.2, -0.15) is 0 Å². The van der Waals surface area contributed by atoms with Crippen molar-refractivity contribution >= 4 is 47.7 Å².